The number of nitro groups is 1. The summed E-state index contributed by atoms with van der Waals surface area (Å²) in [5, 5.41) is 13.9. The Bertz CT molecular complexity index is 1250. The van der Waals surface area contributed by atoms with E-state index in [1.165, 1.54) is 6.07 Å². The minimum atomic E-state index is -0.465. The van der Waals surface area contributed by atoms with Crippen LogP contribution in [0.5, 0.6) is 5.75 Å². The third-order valence-electron chi connectivity index (χ3n) is 4.92. The molecule has 0 spiro atoms. The van der Waals surface area contributed by atoms with Gasteiger partial charge in [0.05, 0.1) is 27.2 Å². The molecular weight excluding hydrogens is 396 g/mol. The summed E-state index contributed by atoms with van der Waals surface area (Å²) in [6.07, 6.45) is 0. The summed E-state index contributed by atoms with van der Waals surface area (Å²) in [6, 6.07) is 21.5. The van der Waals surface area contributed by atoms with Gasteiger partial charge in [-0.2, -0.15) is 0 Å². The van der Waals surface area contributed by atoms with E-state index in [1.807, 2.05) is 54.6 Å². The second-order valence-corrected chi connectivity index (χ2v) is 6.96. The van der Waals surface area contributed by atoms with Gasteiger partial charge in [-0.1, -0.05) is 36.4 Å². The zero-order valence-electron chi connectivity index (χ0n) is 16.8. The van der Waals surface area contributed by atoms with Crippen LogP contribution >= 0.6 is 0 Å². The molecule has 3 aromatic carbocycles. The maximum atomic E-state index is 12.8. The Morgan fingerprint density at radius 2 is 1.81 bits per heavy atom. The molecule has 0 aliphatic heterocycles. The van der Waals surface area contributed by atoms with Gasteiger partial charge in [0, 0.05) is 6.07 Å². The van der Waals surface area contributed by atoms with Gasteiger partial charge in [0.25, 0.3) is 5.69 Å². The number of benzene rings is 3. The van der Waals surface area contributed by atoms with Crippen molar-refractivity contribution in [3.8, 4) is 5.75 Å². The average molecular weight is 416 g/mol. The van der Waals surface area contributed by atoms with Crippen molar-refractivity contribution in [1.29, 1.82) is 0 Å². The van der Waals surface area contributed by atoms with Gasteiger partial charge in [-0.3, -0.25) is 14.9 Å². The fourth-order valence-electron chi connectivity index (χ4n) is 3.37. The van der Waals surface area contributed by atoms with Crippen LogP contribution in [-0.2, 0) is 17.9 Å². The van der Waals surface area contributed by atoms with Crippen LogP contribution in [0.25, 0.3) is 11.0 Å². The average Bonchev–Trinajstić information content (AvgIpc) is 3.11. The predicted octanol–water partition coefficient (Wildman–Crippen LogP) is 4.47. The largest absolute Gasteiger partial charge is 0.486 e. The first-order chi connectivity index (χ1) is 15.0. The quantitative estimate of drug-likeness (QED) is 0.354. The number of aromatic nitrogens is 2. The van der Waals surface area contributed by atoms with Crippen LogP contribution in [0.4, 0.5) is 11.4 Å². The highest BCUT2D eigenvalue weighted by Gasteiger charge is 2.17. The minimum Gasteiger partial charge on any atom is -0.486 e. The molecule has 1 amide bonds. The number of para-hydroxylation sites is 3. The molecule has 0 saturated carbocycles. The predicted molar refractivity (Wildman–Crippen MR) is 117 cm³/mol. The highest BCUT2D eigenvalue weighted by molar-refractivity contribution is 5.93. The number of nitrogens with zero attached hydrogens (tertiary/aromatic N) is 3. The Labute approximate surface area is 178 Å². The number of carbonyl (C=O) groups excluding carboxylic acids is 1. The second kappa shape index (κ2) is 8.66. The molecule has 8 heteroatoms. The fraction of sp³-hybridized carbons (Fsp3) is 0.130. The molecule has 1 aromatic heterocycles. The molecule has 4 rings (SSSR count). The molecule has 1 N–H and O–H groups in total. The topological polar surface area (TPSA) is 99.3 Å². The summed E-state index contributed by atoms with van der Waals surface area (Å²) >= 11 is 0. The SMILES string of the molecule is Cc1c(NC(=O)Cn2c(COc3ccccc3)nc3ccccc32)cccc1[N+](=O)[O-]. The molecule has 4 aromatic rings. The van der Waals surface area contributed by atoms with Gasteiger partial charge in [-0.15, -0.1) is 0 Å². The molecule has 0 aliphatic carbocycles. The number of hydrogen-bond acceptors (Lipinski definition) is 5. The van der Waals surface area contributed by atoms with Crippen molar-refractivity contribution in [2.24, 2.45) is 0 Å². The number of amides is 1. The van der Waals surface area contributed by atoms with Gasteiger partial charge in [0.15, 0.2) is 0 Å². The van der Waals surface area contributed by atoms with Crippen molar-refractivity contribution in [2.75, 3.05) is 5.32 Å². The van der Waals surface area contributed by atoms with E-state index < -0.39 is 4.92 Å². The van der Waals surface area contributed by atoms with Crippen molar-refractivity contribution < 1.29 is 14.5 Å². The van der Waals surface area contributed by atoms with E-state index in [9.17, 15) is 14.9 Å². The highest BCUT2D eigenvalue weighted by Crippen LogP contribution is 2.25. The molecule has 1 heterocycles. The molecule has 0 aliphatic rings. The molecule has 156 valence electrons. The van der Waals surface area contributed by atoms with Gasteiger partial charge in [0.2, 0.25) is 5.91 Å². The number of anilines is 1. The number of hydrogen-bond donors (Lipinski definition) is 1. The molecule has 8 nitrogen and oxygen atoms in total. The Hall–Kier alpha value is -4.20. The standard InChI is InChI=1S/C23H20N4O4/c1-16-18(11-7-13-20(16)27(29)30)25-23(28)14-26-21-12-6-5-10-19(21)24-22(26)15-31-17-8-3-2-4-9-17/h2-13H,14-15H2,1H3,(H,25,28). The lowest BCUT2D eigenvalue weighted by Crippen LogP contribution is -2.21. The zero-order chi connectivity index (χ0) is 21.8. The lowest BCUT2D eigenvalue weighted by Gasteiger charge is -2.12. The number of nitrogens with one attached hydrogen (secondary N) is 1. The maximum Gasteiger partial charge on any atom is 0.274 e. The Kier molecular flexibility index (Phi) is 5.61. The van der Waals surface area contributed by atoms with Crippen LogP contribution in [-0.4, -0.2) is 20.4 Å². The summed E-state index contributed by atoms with van der Waals surface area (Å²) in [7, 11) is 0. The van der Waals surface area contributed by atoms with E-state index >= 15 is 0 Å². The van der Waals surface area contributed by atoms with Gasteiger partial charge in [0.1, 0.15) is 24.7 Å². The highest BCUT2D eigenvalue weighted by atomic mass is 16.6. The normalized spacial score (nSPS) is 10.7. The number of carbonyl (C=O) groups is 1. The molecule has 0 radical (unpaired) electrons. The Morgan fingerprint density at radius 3 is 2.58 bits per heavy atom. The number of fused-ring (bicyclic) bond motifs is 1. The molecule has 0 atom stereocenters. The molecule has 31 heavy (non-hydrogen) atoms. The number of rotatable bonds is 7. The molecule has 0 saturated heterocycles. The Balaban J connectivity index is 1.58. The molecule has 0 fully saturated rings. The van der Waals surface area contributed by atoms with E-state index in [2.05, 4.69) is 10.3 Å². The van der Waals surface area contributed by atoms with Crippen LogP contribution in [0.15, 0.2) is 72.8 Å². The minimum absolute atomic E-state index is 0.00384. The molecular formula is C23H20N4O4. The number of ether oxygens (including phenoxy) is 1. The lowest BCUT2D eigenvalue weighted by atomic mass is 10.1. The first kappa shape index (κ1) is 20.1. The first-order valence-corrected chi connectivity index (χ1v) is 9.69. The monoisotopic (exact) mass is 416 g/mol. The van der Waals surface area contributed by atoms with Crippen LogP contribution in [0, 0.1) is 17.0 Å². The molecule has 0 bridgehead atoms. The summed E-state index contributed by atoms with van der Waals surface area (Å²) in [6.45, 7) is 1.80. The van der Waals surface area contributed by atoms with Gasteiger partial charge >= 0.3 is 0 Å². The van der Waals surface area contributed by atoms with E-state index in [0.717, 1.165) is 11.0 Å². The van der Waals surface area contributed by atoms with Crippen molar-refractivity contribution >= 4 is 28.3 Å². The number of nitro benzene ring substituents is 1. The lowest BCUT2D eigenvalue weighted by molar-refractivity contribution is -0.385. The first-order valence-electron chi connectivity index (χ1n) is 9.69. The maximum absolute atomic E-state index is 12.8. The van der Waals surface area contributed by atoms with Gasteiger partial charge in [-0.25, -0.2) is 4.98 Å². The smallest absolute Gasteiger partial charge is 0.274 e. The third-order valence-corrected chi connectivity index (χ3v) is 4.92. The number of imidazole rings is 1. The third kappa shape index (κ3) is 4.37. The van der Waals surface area contributed by atoms with Gasteiger partial charge < -0.3 is 14.6 Å². The van der Waals surface area contributed by atoms with Gasteiger partial charge in [-0.05, 0) is 37.3 Å². The van der Waals surface area contributed by atoms with Crippen LogP contribution < -0.4 is 10.1 Å². The van der Waals surface area contributed by atoms with E-state index in [0.29, 0.717) is 22.8 Å². The van der Waals surface area contributed by atoms with Crippen LogP contribution in [0.2, 0.25) is 0 Å². The van der Waals surface area contributed by atoms with Crippen molar-refractivity contribution in [3.05, 3.63) is 94.3 Å². The zero-order valence-corrected chi connectivity index (χ0v) is 16.8. The summed E-state index contributed by atoms with van der Waals surface area (Å²) in [4.78, 5) is 28.1. The van der Waals surface area contributed by atoms with E-state index in [-0.39, 0.29) is 24.7 Å². The molecule has 0 unspecified atom stereocenters. The summed E-state index contributed by atoms with van der Waals surface area (Å²) in [5.41, 5.74) is 2.34. The van der Waals surface area contributed by atoms with E-state index in [1.54, 1.807) is 23.6 Å². The second-order valence-electron chi connectivity index (χ2n) is 6.96. The van der Waals surface area contributed by atoms with Crippen LogP contribution in [0.3, 0.4) is 0 Å². The van der Waals surface area contributed by atoms with Crippen LogP contribution in [0.1, 0.15) is 11.4 Å². The Morgan fingerprint density at radius 1 is 1.06 bits per heavy atom. The van der Waals surface area contributed by atoms with Crippen molar-refractivity contribution in [2.45, 2.75) is 20.1 Å². The summed E-state index contributed by atoms with van der Waals surface area (Å²) < 4.78 is 7.63. The summed E-state index contributed by atoms with van der Waals surface area (Å²) in [5.74, 6) is 1.00. The van der Waals surface area contributed by atoms with Crippen molar-refractivity contribution in [3.63, 3.8) is 0 Å². The van der Waals surface area contributed by atoms with Crippen molar-refractivity contribution in [1.82, 2.24) is 9.55 Å². The van der Waals surface area contributed by atoms with E-state index in [4.69, 9.17) is 4.74 Å². The fourth-order valence-corrected chi connectivity index (χ4v) is 3.37.